The molecule has 0 radical (unpaired) electrons. The summed E-state index contributed by atoms with van der Waals surface area (Å²) in [4.78, 5) is 2.64. The Morgan fingerprint density at radius 2 is 1.88 bits per heavy atom. The number of benzene rings is 1. The molecule has 3 unspecified atom stereocenters. The molecule has 0 spiro atoms. The van der Waals surface area contributed by atoms with Crippen LogP contribution in [0.25, 0.3) is 0 Å². The van der Waals surface area contributed by atoms with Crippen molar-refractivity contribution >= 4 is 0 Å². The summed E-state index contributed by atoms with van der Waals surface area (Å²) in [6.07, 6.45) is 4.06. The molecule has 2 heterocycles. The Kier molecular flexibility index (Phi) is 3.17. The molecule has 0 saturated carbocycles. The Morgan fingerprint density at radius 1 is 1.12 bits per heavy atom. The van der Waals surface area contributed by atoms with Crippen LogP contribution in [0.1, 0.15) is 37.8 Å². The van der Waals surface area contributed by atoms with Crippen molar-refractivity contribution in [3.8, 4) is 0 Å². The van der Waals surface area contributed by atoms with Gasteiger partial charge in [0.1, 0.15) is 0 Å². The van der Waals surface area contributed by atoms with Gasteiger partial charge in [-0.05, 0) is 31.7 Å². The van der Waals surface area contributed by atoms with E-state index in [0.717, 1.165) is 12.1 Å². The Morgan fingerprint density at radius 3 is 2.71 bits per heavy atom. The molecule has 1 aromatic rings. The van der Waals surface area contributed by atoms with E-state index in [-0.39, 0.29) is 0 Å². The second kappa shape index (κ2) is 4.79. The van der Waals surface area contributed by atoms with Gasteiger partial charge in [0.25, 0.3) is 0 Å². The van der Waals surface area contributed by atoms with E-state index < -0.39 is 0 Å². The lowest BCUT2D eigenvalue weighted by Gasteiger charge is -2.30. The standard InChI is InChI=1S/C15H22N2/c1-12(13-5-3-2-4-6-13)17-10-9-14-7-8-15(11-17)16-14/h2-6,12,14-16H,7-11H2,1H3. The van der Waals surface area contributed by atoms with Crippen LogP contribution in [0.3, 0.4) is 0 Å². The Bertz CT molecular complexity index is 362. The second-order valence-corrected chi connectivity index (χ2v) is 5.51. The van der Waals surface area contributed by atoms with Crippen molar-refractivity contribution < 1.29 is 0 Å². The number of fused-ring (bicyclic) bond motifs is 2. The summed E-state index contributed by atoms with van der Waals surface area (Å²) in [5, 5.41) is 3.75. The van der Waals surface area contributed by atoms with Crippen LogP contribution in [0, 0.1) is 0 Å². The van der Waals surface area contributed by atoms with Gasteiger partial charge in [0.15, 0.2) is 0 Å². The SMILES string of the molecule is CC(c1ccccc1)N1CCC2CCC(C1)N2. The van der Waals surface area contributed by atoms with Crippen LogP contribution < -0.4 is 5.32 Å². The van der Waals surface area contributed by atoms with E-state index in [2.05, 4.69) is 47.5 Å². The highest BCUT2D eigenvalue weighted by atomic mass is 15.2. The highest BCUT2D eigenvalue weighted by Crippen LogP contribution is 2.26. The summed E-state index contributed by atoms with van der Waals surface area (Å²) in [6.45, 7) is 4.80. The van der Waals surface area contributed by atoms with Crippen molar-refractivity contribution in [2.75, 3.05) is 13.1 Å². The van der Waals surface area contributed by atoms with Gasteiger partial charge in [-0.3, -0.25) is 4.90 Å². The zero-order valence-electron chi connectivity index (χ0n) is 10.6. The lowest BCUT2D eigenvalue weighted by atomic mass is 10.0. The molecule has 1 aromatic carbocycles. The minimum absolute atomic E-state index is 0.553. The molecule has 2 aliphatic rings. The third kappa shape index (κ3) is 2.38. The van der Waals surface area contributed by atoms with E-state index in [1.807, 2.05) is 0 Å². The summed E-state index contributed by atoms with van der Waals surface area (Å²) in [6, 6.07) is 13.0. The minimum atomic E-state index is 0.553. The Hall–Kier alpha value is -0.860. The van der Waals surface area contributed by atoms with E-state index >= 15 is 0 Å². The molecule has 92 valence electrons. The monoisotopic (exact) mass is 230 g/mol. The van der Waals surface area contributed by atoms with E-state index in [0.29, 0.717) is 6.04 Å². The topological polar surface area (TPSA) is 15.3 Å². The third-order valence-corrected chi connectivity index (χ3v) is 4.38. The summed E-state index contributed by atoms with van der Waals surface area (Å²) in [7, 11) is 0. The molecule has 0 amide bonds. The van der Waals surface area contributed by atoms with Crippen molar-refractivity contribution in [3.05, 3.63) is 35.9 Å². The number of hydrogen-bond acceptors (Lipinski definition) is 2. The second-order valence-electron chi connectivity index (χ2n) is 5.51. The molecular formula is C15H22N2. The van der Waals surface area contributed by atoms with Crippen LogP contribution >= 0.6 is 0 Å². The zero-order chi connectivity index (χ0) is 11.7. The minimum Gasteiger partial charge on any atom is -0.310 e. The van der Waals surface area contributed by atoms with Gasteiger partial charge in [-0.1, -0.05) is 30.3 Å². The molecule has 1 N–H and O–H groups in total. The van der Waals surface area contributed by atoms with Gasteiger partial charge in [0.2, 0.25) is 0 Å². The maximum absolute atomic E-state index is 3.75. The van der Waals surface area contributed by atoms with Crippen LogP contribution in [0.5, 0.6) is 0 Å². The number of rotatable bonds is 2. The lowest BCUT2D eigenvalue weighted by molar-refractivity contribution is 0.200. The largest absolute Gasteiger partial charge is 0.310 e. The number of likely N-dealkylation sites (tertiary alicyclic amines) is 1. The predicted molar refractivity (Wildman–Crippen MR) is 71.0 cm³/mol. The van der Waals surface area contributed by atoms with Gasteiger partial charge in [-0.2, -0.15) is 0 Å². The molecular weight excluding hydrogens is 208 g/mol. The van der Waals surface area contributed by atoms with Gasteiger partial charge in [0, 0.05) is 31.2 Å². The fourth-order valence-corrected chi connectivity index (χ4v) is 3.26. The highest BCUT2D eigenvalue weighted by Gasteiger charge is 2.31. The number of nitrogens with zero attached hydrogens (tertiary/aromatic N) is 1. The van der Waals surface area contributed by atoms with Crippen LogP contribution in [0.2, 0.25) is 0 Å². The van der Waals surface area contributed by atoms with Gasteiger partial charge in [0.05, 0.1) is 0 Å². The predicted octanol–water partition coefficient (Wildman–Crippen LogP) is 2.57. The number of hydrogen-bond donors (Lipinski definition) is 1. The Labute approximate surface area is 104 Å². The quantitative estimate of drug-likeness (QED) is 0.840. The average molecular weight is 230 g/mol. The molecule has 17 heavy (non-hydrogen) atoms. The Balaban J connectivity index is 1.72. The smallest absolute Gasteiger partial charge is 0.0320 e. The molecule has 2 saturated heterocycles. The summed E-state index contributed by atoms with van der Waals surface area (Å²) >= 11 is 0. The number of nitrogens with one attached hydrogen (secondary N) is 1. The van der Waals surface area contributed by atoms with E-state index in [4.69, 9.17) is 0 Å². The first-order valence-electron chi connectivity index (χ1n) is 6.88. The molecule has 2 heteroatoms. The molecule has 0 aliphatic carbocycles. The molecule has 0 aromatic heterocycles. The van der Waals surface area contributed by atoms with E-state index in [1.165, 1.54) is 37.9 Å². The molecule has 3 rings (SSSR count). The third-order valence-electron chi connectivity index (χ3n) is 4.38. The van der Waals surface area contributed by atoms with Crippen molar-refractivity contribution in [3.63, 3.8) is 0 Å². The summed E-state index contributed by atoms with van der Waals surface area (Å²) < 4.78 is 0. The first kappa shape index (κ1) is 11.2. The van der Waals surface area contributed by atoms with Crippen LogP contribution in [0.4, 0.5) is 0 Å². The van der Waals surface area contributed by atoms with Crippen molar-refractivity contribution in [2.24, 2.45) is 0 Å². The van der Waals surface area contributed by atoms with Crippen LogP contribution in [-0.2, 0) is 0 Å². The average Bonchev–Trinajstić information content (AvgIpc) is 2.69. The fourth-order valence-electron chi connectivity index (χ4n) is 3.26. The highest BCUT2D eigenvalue weighted by molar-refractivity contribution is 5.18. The molecule has 3 atom stereocenters. The van der Waals surface area contributed by atoms with E-state index in [1.54, 1.807) is 0 Å². The van der Waals surface area contributed by atoms with Crippen molar-refractivity contribution in [1.29, 1.82) is 0 Å². The van der Waals surface area contributed by atoms with Crippen molar-refractivity contribution in [1.82, 2.24) is 10.2 Å². The molecule has 2 fully saturated rings. The van der Waals surface area contributed by atoms with Crippen LogP contribution in [-0.4, -0.2) is 30.1 Å². The van der Waals surface area contributed by atoms with Crippen LogP contribution in [0.15, 0.2) is 30.3 Å². The zero-order valence-corrected chi connectivity index (χ0v) is 10.6. The van der Waals surface area contributed by atoms with Gasteiger partial charge in [-0.15, -0.1) is 0 Å². The summed E-state index contributed by atoms with van der Waals surface area (Å²) in [5.74, 6) is 0. The fraction of sp³-hybridized carbons (Fsp3) is 0.600. The summed E-state index contributed by atoms with van der Waals surface area (Å²) in [5.41, 5.74) is 1.45. The maximum Gasteiger partial charge on any atom is 0.0320 e. The molecule has 2 bridgehead atoms. The normalized spacial score (nSPS) is 31.1. The molecule has 2 aliphatic heterocycles. The van der Waals surface area contributed by atoms with Gasteiger partial charge < -0.3 is 5.32 Å². The lowest BCUT2D eigenvalue weighted by Crippen LogP contribution is -2.36. The van der Waals surface area contributed by atoms with Gasteiger partial charge >= 0.3 is 0 Å². The van der Waals surface area contributed by atoms with E-state index in [9.17, 15) is 0 Å². The first-order chi connectivity index (χ1) is 8.33. The first-order valence-corrected chi connectivity index (χ1v) is 6.88. The van der Waals surface area contributed by atoms with Gasteiger partial charge in [-0.25, -0.2) is 0 Å². The maximum atomic E-state index is 3.75. The molecule has 2 nitrogen and oxygen atoms in total. The van der Waals surface area contributed by atoms with Crippen molar-refractivity contribution in [2.45, 2.75) is 44.3 Å².